The van der Waals surface area contributed by atoms with E-state index in [-0.39, 0.29) is 17.8 Å². The van der Waals surface area contributed by atoms with Crippen molar-refractivity contribution in [2.45, 2.75) is 38.4 Å². The third-order valence-corrected chi connectivity index (χ3v) is 3.89. The number of benzene rings is 1. The van der Waals surface area contributed by atoms with Gasteiger partial charge in [0.1, 0.15) is 5.75 Å². The standard InChI is InChI=1S/C15H18O3/c1-2-17-11-5-3-10(4-6-11)15(16)13-9-12-7-8-14(13)18-12/h3-6,12-14H,2,7-9H2,1H3. The molecule has 0 amide bonds. The van der Waals surface area contributed by atoms with Crippen LogP contribution in [0.4, 0.5) is 0 Å². The van der Waals surface area contributed by atoms with E-state index in [1.54, 1.807) is 0 Å². The van der Waals surface area contributed by atoms with E-state index < -0.39 is 0 Å². The van der Waals surface area contributed by atoms with E-state index in [0.717, 1.165) is 30.6 Å². The van der Waals surface area contributed by atoms with E-state index in [4.69, 9.17) is 9.47 Å². The molecule has 0 N–H and O–H groups in total. The van der Waals surface area contributed by atoms with Crippen LogP contribution in [0, 0.1) is 5.92 Å². The van der Waals surface area contributed by atoms with Crippen molar-refractivity contribution in [3.05, 3.63) is 29.8 Å². The number of rotatable bonds is 4. The summed E-state index contributed by atoms with van der Waals surface area (Å²) in [6, 6.07) is 7.45. The van der Waals surface area contributed by atoms with Gasteiger partial charge in [0.25, 0.3) is 0 Å². The highest BCUT2D eigenvalue weighted by atomic mass is 16.5. The number of carbonyl (C=O) groups is 1. The Morgan fingerprint density at radius 2 is 2.11 bits per heavy atom. The average molecular weight is 246 g/mol. The molecule has 1 aromatic rings. The lowest BCUT2D eigenvalue weighted by atomic mass is 9.84. The summed E-state index contributed by atoms with van der Waals surface area (Å²) < 4.78 is 11.1. The van der Waals surface area contributed by atoms with Gasteiger partial charge in [0, 0.05) is 5.56 Å². The molecule has 3 heteroatoms. The minimum atomic E-state index is 0.0710. The van der Waals surface area contributed by atoms with Gasteiger partial charge in [0.05, 0.1) is 24.7 Å². The molecule has 3 atom stereocenters. The van der Waals surface area contributed by atoms with Gasteiger partial charge in [-0.2, -0.15) is 0 Å². The number of ether oxygens (including phenoxy) is 2. The average Bonchev–Trinajstić information content (AvgIpc) is 3.01. The fourth-order valence-corrected chi connectivity index (χ4v) is 3.01. The summed E-state index contributed by atoms with van der Waals surface area (Å²) in [6.45, 7) is 2.60. The largest absolute Gasteiger partial charge is 0.494 e. The molecule has 96 valence electrons. The van der Waals surface area contributed by atoms with Crippen molar-refractivity contribution < 1.29 is 14.3 Å². The van der Waals surface area contributed by atoms with Gasteiger partial charge in [-0.1, -0.05) is 0 Å². The van der Waals surface area contributed by atoms with E-state index in [1.807, 2.05) is 31.2 Å². The molecule has 0 saturated carbocycles. The Bertz CT molecular complexity index is 438. The second-order valence-corrected chi connectivity index (χ2v) is 5.04. The molecular formula is C15H18O3. The Hall–Kier alpha value is -1.35. The van der Waals surface area contributed by atoms with Crippen molar-refractivity contribution in [2.75, 3.05) is 6.61 Å². The van der Waals surface area contributed by atoms with Crippen molar-refractivity contribution in [1.82, 2.24) is 0 Å². The zero-order valence-corrected chi connectivity index (χ0v) is 10.6. The smallest absolute Gasteiger partial charge is 0.168 e. The van der Waals surface area contributed by atoms with Gasteiger partial charge in [-0.05, 0) is 50.5 Å². The second kappa shape index (κ2) is 4.73. The van der Waals surface area contributed by atoms with Crippen LogP contribution in [-0.2, 0) is 4.74 Å². The molecule has 3 rings (SSSR count). The first-order chi connectivity index (χ1) is 8.78. The molecule has 2 saturated heterocycles. The van der Waals surface area contributed by atoms with Crippen LogP contribution >= 0.6 is 0 Å². The lowest BCUT2D eigenvalue weighted by molar-refractivity contribution is 0.0743. The van der Waals surface area contributed by atoms with E-state index in [0.29, 0.717) is 12.7 Å². The quantitative estimate of drug-likeness (QED) is 0.766. The number of hydrogen-bond donors (Lipinski definition) is 0. The van der Waals surface area contributed by atoms with Crippen molar-refractivity contribution in [1.29, 1.82) is 0 Å². The molecule has 2 heterocycles. The van der Waals surface area contributed by atoms with E-state index in [2.05, 4.69) is 0 Å². The minimum Gasteiger partial charge on any atom is -0.494 e. The van der Waals surface area contributed by atoms with Crippen LogP contribution in [0.25, 0.3) is 0 Å². The second-order valence-electron chi connectivity index (χ2n) is 5.04. The SMILES string of the molecule is CCOc1ccc(C(=O)C2CC3CCC2O3)cc1. The first kappa shape index (κ1) is 11.7. The Labute approximate surface area is 107 Å². The molecule has 0 radical (unpaired) electrons. The zero-order chi connectivity index (χ0) is 12.5. The van der Waals surface area contributed by atoms with Crippen molar-refractivity contribution in [3.63, 3.8) is 0 Å². The number of carbonyl (C=O) groups excluding carboxylic acids is 1. The molecule has 0 aromatic heterocycles. The number of Topliss-reactive ketones (excluding diaryl/α,β-unsaturated/α-hetero) is 1. The first-order valence-electron chi connectivity index (χ1n) is 6.70. The molecule has 0 aliphatic carbocycles. The maximum atomic E-state index is 12.4. The lowest BCUT2D eigenvalue weighted by Crippen LogP contribution is -2.25. The monoisotopic (exact) mass is 246 g/mol. The highest BCUT2D eigenvalue weighted by Gasteiger charge is 2.44. The lowest BCUT2D eigenvalue weighted by Gasteiger charge is -2.17. The normalized spacial score (nSPS) is 29.5. The summed E-state index contributed by atoms with van der Waals surface area (Å²) in [6.07, 6.45) is 3.55. The highest BCUT2D eigenvalue weighted by molar-refractivity contribution is 5.98. The number of hydrogen-bond acceptors (Lipinski definition) is 3. The molecule has 18 heavy (non-hydrogen) atoms. The molecule has 3 unspecified atom stereocenters. The van der Waals surface area contributed by atoms with Crippen LogP contribution in [0.15, 0.2) is 24.3 Å². The Morgan fingerprint density at radius 1 is 1.33 bits per heavy atom. The third-order valence-electron chi connectivity index (χ3n) is 3.89. The first-order valence-corrected chi connectivity index (χ1v) is 6.70. The summed E-state index contributed by atoms with van der Waals surface area (Å²) in [5, 5.41) is 0. The van der Waals surface area contributed by atoms with Crippen molar-refractivity contribution in [2.24, 2.45) is 5.92 Å². The fraction of sp³-hybridized carbons (Fsp3) is 0.533. The molecule has 2 bridgehead atoms. The van der Waals surface area contributed by atoms with Crippen molar-refractivity contribution in [3.8, 4) is 5.75 Å². The van der Waals surface area contributed by atoms with E-state index in [9.17, 15) is 4.79 Å². The molecule has 2 fully saturated rings. The minimum absolute atomic E-state index is 0.0710. The van der Waals surface area contributed by atoms with Crippen LogP contribution in [0.1, 0.15) is 36.5 Å². The highest BCUT2D eigenvalue weighted by Crippen LogP contribution is 2.40. The number of fused-ring (bicyclic) bond motifs is 2. The molecular weight excluding hydrogens is 228 g/mol. The van der Waals surface area contributed by atoms with Gasteiger partial charge in [-0.15, -0.1) is 0 Å². The van der Waals surface area contributed by atoms with Gasteiger partial charge >= 0.3 is 0 Å². The Morgan fingerprint density at radius 3 is 2.67 bits per heavy atom. The third kappa shape index (κ3) is 2.03. The zero-order valence-electron chi connectivity index (χ0n) is 10.6. The van der Waals surface area contributed by atoms with Crippen LogP contribution in [-0.4, -0.2) is 24.6 Å². The van der Waals surface area contributed by atoms with E-state index >= 15 is 0 Å². The Kier molecular flexibility index (Phi) is 3.08. The molecule has 3 nitrogen and oxygen atoms in total. The van der Waals surface area contributed by atoms with Gasteiger partial charge in [-0.3, -0.25) is 4.79 Å². The van der Waals surface area contributed by atoms with Crippen LogP contribution in [0.2, 0.25) is 0 Å². The summed E-state index contributed by atoms with van der Waals surface area (Å²) in [5.74, 6) is 1.12. The maximum Gasteiger partial charge on any atom is 0.168 e. The molecule has 1 aromatic carbocycles. The van der Waals surface area contributed by atoms with Crippen molar-refractivity contribution >= 4 is 5.78 Å². The van der Waals surface area contributed by atoms with Crippen LogP contribution < -0.4 is 4.74 Å². The van der Waals surface area contributed by atoms with Crippen LogP contribution in [0.5, 0.6) is 5.75 Å². The molecule has 2 aliphatic rings. The van der Waals surface area contributed by atoms with Gasteiger partial charge in [0.2, 0.25) is 0 Å². The maximum absolute atomic E-state index is 12.4. The predicted octanol–water partition coefficient (Wildman–Crippen LogP) is 2.84. The van der Waals surface area contributed by atoms with Crippen LogP contribution in [0.3, 0.4) is 0 Å². The number of ketones is 1. The predicted molar refractivity (Wildman–Crippen MR) is 67.9 cm³/mol. The molecule has 2 aliphatic heterocycles. The Balaban J connectivity index is 1.72. The fourth-order valence-electron chi connectivity index (χ4n) is 3.01. The summed E-state index contributed by atoms with van der Waals surface area (Å²) in [7, 11) is 0. The van der Waals surface area contributed by atoms with Gasteiger partial charge in [0.15, 0.2) is 5.78 Å². The summed E-state index contributed by atoms with van der Waals surface area (Å²) >= 11 is 0. The topological polar surface area (TPSA) is 35.5 Å². The molecule has 0 spiro atoms. The van der Waals surface area contributed by atoms with E-state index in [1.165, 1.54) is 0 Å². The summed E-state index contributed by atoms with van der Waals surface area (Å²) in [5.41, 5.74) is 0.777. The van der Waals surface area contributed by atoms with Gasteiger partial charge < -0.3 is 9.47 Å². The summed E-state index contributed by atoms with van der Waals surface area (Å²) in [4.78, 5) is 12.4. The van der Waals surface area contributed by atoms with Gasteiger partial charge in [-0.25, -0.2) is 0 Å².